The van der Waals surface area contributed by atoms with Crippen LogP contribution in [0.25, 0.3) is 0 Å². The van der Waals surface area contributed by atoms with Crippen LogP contribution in [0.5, 0.6) is 0 Å². The molecule has 0 aromatic heterocycles. The van der Waals surface area contributed by atoms with E-state index in [1.807, 2.05) is 42.5 Å². The molecular weight excluding hydrogens is 418 g/mol. The van der Waals surface area contributed by atoms with Crippen LogP contribution < -0.4 is 10.6 Å². The van der Waals surface area contributed by atoms with Crippen molar-refractivity contribution in [1.82, 2.24) is 4.90 Å². The van der Waals surface area contributed by atoms with Gasteiger partial charge in [0.2, 0.25) is 12.7 Å². The lowest BCUT2D eigenvalue weighted by Gasteiger charge is -2.37. The number of nitrogens with one attached hydrogen (secondary N) is 2. The molecule has 1 amide bonds. The Morgan fingerprint density at radius 3 is 2.61 bits per heavy atom. The van der Waals surface area contributed by atoms with Crippen molar-refractivity contribution in [2.45, 2.75) is 31.5 Å². The normalized spacial score (nSPS) is 17.9. The predicted octanol–water partition coefficient (Wildman–Crippen LogP) is 3.56. The summed E-state index contributed by atoms with van der Waals surface area (Å²) in [5.41, 5.74) is 2.29. The van der Waals surface area contributed by atoms with Crippen LogP contribution >= 0.6 is 11.6 Å². The minimum atomic E-state index is -0.553. The summed E-state index contributed by atoms with van der Waals surface area (Å²) in [6, 6.07) is 14.6. The highest BCUT2D eigenvalue weighted by Gasteiger charge is 2.35. The number of halogens is 1. The Balaban J connectivity index is 1.42. The van der Waals surface area contributed by atoms with Crippen LogP contribution in [0.2, 0.25) is 5.02 Å². The van der Waals surface area contributed by atoms with Crippen molar-refractivity contribution in [1.29, 1.82) is 0 Å². The van der Waals surface area contributed by atoms with Gasteiger partial charge in [-0.3, -0.25) is 9.69 Å². The standard InChI is InChI=1S/C23H26ClN3O4/c24-19-7-4-8-20(18(19)13-28)25-17-9-11-27(12-10-17)22(21-14-30-15-31-21)23(29)26-16-5-2-1-3-6-16/h1-8,14,17,22,25,28H,9-13,15H2,(H,26,29). The number of hydrogen-bond donors (Lipinski definition) is 3. The summed E-state index contributed by atoms with van der Waals surface area (Å²) in [5.74, 6) is 0.379. The van der Waals surface area contributed by atoms with E-state index < -0.39 is 6.04 Å². The molecule has 0 spiro atoms. The average molecular weight is 444 g/mol. The summed E-state index contributed by atoms with van der Waals surface area (Å²) in [4.78, 5) is 15.2. The first-order valence-electron chi connectivity index (χ1n) is 10.3. The number of amides is 1. The Labute approximate surface area is 186 Å². The fourth-order valence-electron chi connectivity index (χ4n) is 3.98. The minimum absolute atomic E-state index is 0.117. The molecule has 1 unspecified atom stereocenters. The molecule has 0 saturated carbocycles. The second kappa shape index (κ2) is 10.0. The number of rotatable bonds is 7. The SMILES string of the molecule is O=C(Nc1ccccc1)C(C1=COCO1)N1CCC(Nc2cccc(Cl)c2CO)CC1. The van der Waals surface area contributed by atoms with Gasteiger partial charge in [0.15, 0.2) is 11.8 Å². The number of likely N-dealkylation sites (tertiary alicyclic amines) is 1. The number of piperidine rings is 1. The third-order valence-corrected chi connectivity index (χ3v) is 5.94. The molecule has 1 fully saturated rings. The van der Waals surface area contributed by atoms with Crippen LogP contribution in [-0.4, -0.2) is 47.9 Å². The Bertz CT molecular complexity index is 930. The van der Waals surface area contributed by atoms with Crippen LogP contribution in [0.1, 0.15) is 18.4 Å². The monoisotopic (exact) mass is 443 g/mol. The van der Waals surface area contributed by atoms with E-state index in [-0.39, 0.29) is 25.3 Å². The van der Waals surface area contributed by atoms with Gasteiger partial charge < -0.3 is 25.2 Å². The summed E-state index contributed by atoms with van der Waals surface area (Å²) in [6.07, 6.45) is 3.19. The fourth-order valence-corrected chi connectivity index (χ4v) is 4.21. The zero-order chi connectivity index (χ0) is 21.6. The summed E-state index contributed by atoms with van der Waals surface area (Å²) < 4.78 is 10.8. The molecule has 2 aliphatic rings. The Morgan fingerprint density at radius 1 is 1.16 bits per heavy atom. The van der Waals surface area contributed by atoms with Crippen LogP contribution in [0, 0.1) is 0 Å². The number of benzene rings is 2. The van der Waals surface area contributed by atoms with Crippen molar-refractivity contribution in [3.8, 4) is 0 Å². The lowest BCUT2D eigenvalue weighted by atomic mass is 10.0. The highest BCUT2D eigenvalue weighted by molar-refractivity contribution is 6.31. The number of nitrogens with zero attached hydrogens (tertiary/aromatic N) is 1. The predicted molar refractivity (Wildman–Crippen MR) is 120 cm³/mol. The molecule has 0 radical (unpaired) electrons. The second-order valence-corrected chi connectivity index (χ2v) is 7.99. The van der Waals surface area contributed by atoms with E-state index in [1.54, 1.807) is 6.07 Å². The van der Waals surface area contributed by atoms with Crippen molar-refractivity contribution in [3.05, 3.63) is 71.1 Å². The van der Waals surface area contributed by atoms with E-state index in [0.717, 1.165) is 24.2 Å². The third kappa shape index (κ3) is 5.12. The zero-order valence-electron chi connectivity index (χ0n) is 17.1. The minimum Gasteiger partial charge on any atom is -0.462 e. The number of para-hydroxylation sites is 1. The molecule has 1 saturated heterocycles. The maximum atomic E-state index is 13.1. The molecular formula is C23H26ClN3O4. The lowest BCUT2D eigenvalue weighted by molar-refractivity contribution is -0.121. The molecule has 2 aromatic carbocycles. The highest BCUT2D eigenvalue weighted by atomic mass is 35.5. The van der Waals surface area contributed by atoms with E-state index in [2.05, 4.69) is 15.5 Å². The molecule has 0 bridgehead atoms. The van der Waals surface area contributed by atoms with Gasteiger partial charge in [-0.15, -0.1) is 0 Å². The molecule has 3 N–H and O–H groups in total. The molecule has 2 aliphatic heterocycles. The number of aliphatic hydroxyl groups is 1. The maximum absolute atomic E-state index is 13.1. The number of hydrogen-bond acceptors (Lipinski definition) is 6. The van der Waals surface area contributed by atoms with E-state index >= 15 is 0 Å². The van der Waals surface area contributed by atoms with Crippen molar-refractivity contribution < 1.29 is 19.4 Å². The van der Waals surface area contributed by atoms with Gasteiger partial charge in [-0.2, -0.15) is 0 Å². The Morgan fingerprint density at radius 2 is 1.94 bits per heavy atom. The molecule has 2 heterocycles. The summed E-state index contributed by atoms with van der Waals surface area (Å²) >= 11 is 6.20. The first kappa shape index (κ1) is 21.5. The van der Waals surface area contributed by atoms with Crippen LogP contribution in [0.4, 0.5) is 11.4 Å². The summed E-state index contributed by atoms with van der Waals surface area (Å²) in [7, 11) is 0. The third-order valence-electron chi connectivity index (χ3n) is 5.58. The first-order chi connectivity index (χ1) is 15.2. The van der Waals surface area contributed by atoms with Gasteiger partial charge in [0.25, 0.3) is 0 Å². The summed E-state index contributed by atoms with van der Waals surface area (Å²) in [6.45, 7) is 1.43. The molecule has 31 heavy (non-hydrogen) atoms. The van der Waals surface area contributed by atoms with E-state index in [4.69, 9.17) is 21.1 Å². The van der Waals surface area contributed by atoms with Crippen molar-refractivity contribution >= 4 is 28.9 Å². The van der Waals surface area contributed by atoms with Crippen LogP contribution in [0.15, 0.2) is 60.6 Å². The van der Waals surface area contributed by atoms with Gasteiger partial charge in [-0.05, 0) is 37.1 Å². The Kier molecular flexibility index (Phi) is 6.96. The van der Waals surface area contributed by atoms with Gasteiger partial charge in [-0.1, -0.05) is 35.9 Å². The zero-order valence-corrected chi connectivity index (χ0v) is 17.8. The maximum Gasteiger partial charge on any atom is 0.249 e. The Hall–Kier alpha value is -2.74. The molecule has 2 aromatic rings. The number of anilines is 2. The molecule has 7 nitrogen and oxygen atoms in total. The first-order valence-corrected chi connectivity index (χ1v) is 10.7. The lowest BCUT2D eigenvalue weighted by Crippen LogP contribution is -2.50. The summed E-state index contributed by atoms with van der Waals surface area (Å²) in [5, 5.41) is 16.7. The largest absolute Gasteiger partial charge is 0.462 e. The van der Waals surface area contributed by atoms with Crippen molar-refractivity contribution in [2.75, 3.05) is 30.5 Å². The van der Waals surface area contributed by atoms with Crippen LogP contribution in [0.3, 0.4) is 0 Å². The molecule has 4 rings (SSSR count). The molecule has 8 heteroatoms. The van der Waals surface area contributed by atoms with E-state index in [0.29, 0.717) is 29.4 Å². The van der Waals surface area contributed by atoms with Gasteiger partial charge in [0.05, 0.1) is 6.61 Å². The number of carbonyl (C=O) groups is 1. The van der Waals surface area contributed by atoms with Crippen molar-refractivity contribution in [3.63, 3.8) is 0 Å². The topological polar surface area (TPSA) is 83.1 Å². The average Bonchev–Trinajstić information content (AvgIpc) is 3.30. The smallest absolute Gasteiger partial charge is 0.249 e. The van der Waals surface area contributed by atoms with E-state index in [9.17, 15) is 9.90 Å². The molecule has 0 aliphatic carbocycles. The van der Waals surface area contributed by atoms with Gasteiger partial charge >= 0.3 is 0 Å². The fraction of sp³-hybridized carbons (Fsp3) is 0.348. The molecule has 1 atom stereocenters. The quantitative estimate of drug-likeness (QED) is 0.607. The van der Waals surface area contributed by atoms with Gasteiger partial charge in [0, 0.05) is 41.1 Å². The highest BCUT2D eigenvalue weighted by Crippen LogP contribution is 2.28. The van der Waals surface area contributed by atoms with Crippen molar-refractivity contribution in [2.24, 2.45) is 0 Å². The van der Waals surface area contributed by atoms with Crippen LogP contribution in [-0.2, 0) is 20.9 Å². The van der Waals surface area contributed by atoms with Gasteiger partial charge in [-0.25, -0.2) is 0 Å². The molecule has 164 valence electrons. The van der Waals surface area contributed by atoms with E-state index in [1.165, 1.54) is 6.26 Å². The number of aliphatic hydroxyl groups excluding tert-OH is 1. The van der Waals surface area contributed by atoms with Gasteiger partial charge in [0.1, 0.15) is 6.26 Å². The number of ether oxygens (including phenoxy) is 2. The number of carbonyl (C=O) groups excluding carboxylic acids is 1. The second-order valence-electron chi connectivity index (χ2n) is 7.59.